The molecular formula is C21H14ClN3O. The van der Waals surface area contributed by atoms with Gasteiger partial charge in [0.15, 0.2) is 0 Å². The Morgan fingerprint density at radius 2 is 1.65 bits per heavy atom. The van der Waals surface area contributed by atoms with Gasteiger partial charge in [0.2, 0.25) is 0 Å². The molecule has 2 aromatic carbocycles. The van der Waals surface area contributed by atoms with Gasteiger partial charge in [-0.3, -0.25) is 4.79 Å². The van der Waals surface area contributed by atoms with Crippen LogP contribution in [0.15, 0.2) is 79.0 Å². The van der Waals surface area contributed by atoms with Crippen molar-refractivity contribution >= 4 is 34.2 Å². The van der Waals surface area contributed by atoms with Crippen LogP contribution in [-0.4, -0.2) is 15.9 Å². The van der Waals surface area contributed by atoms with E-state index in [2.05, 4.69) is 15.3 Å². The van der Waals surface area contributed by atoms with E-state index in [1.54, 1.807) is 24.4 Å². The topological polar surface area (TPSA) is 54.9 Å². The molecule has 0 saturated carbocycles. The van der Waals surface area contributed by atoms with Crippen molar-refractivity contribution in [3.63, 3.8) is 0 Å². The number of halogens is 1. The summed E-state index contributed by atoms with van der Waals surface area (Å²) < 4.78 is 0. The van der Waals surface area contributed by atoms with E-state index in [1.807, 2.05) is 54.6 Å². The van der Waals surface area contributed by atoms with Crippen molar-refractivity contribution in [3.05, 3.63) is 89.7 Å². The minimum atomic E-state index is -0.306. The Balaban J connectivity index is 1.78. The molecule has 0 atom stereocenters. The van der Waals surface area contributed by atoms with Gasteiger partial charge in [-0.2, -0.15) is 0 Å². The average Bonchev–Trinajstić information content (AvgIpc) is 2.68. The molecule has 4 aromatic rings. The van der Waals surface area contributed by atoms with Crippen LogP contribution < -0.4 is 5.32 Å². The number of para-hydroxylation sites is 1. The van der Waals surface area contributed by atoms with E-state index < -0.39 is 0 Å². The molecule has 126 valence electrons. The molecule has 4 nitrogen and oxygen atoms in total. The lowest BCUT2D eigenvalue weighted by atomic mass is 10.0. The first-order chi connectivity index (χ1) is 12.7. The molecule has 2 aromatic heterocycles. The first-order valence-electron chi connectivity index (χ1n) is 8.09. The standard InChI is InChI=1S/C21H14ClN3O/c22-17-9-2-1-7-15(17)16-8-5-6-14-11-12-18(24-20(14)16)21(26)25-19-10-3-4-13-23-19/h1-13H,(H,23,25,26). The Morgan fingerprint density at radius 3 is 2.46 bits per heavy atom. The highest BCUT2D eigenvalue weighted by Crippen LogP contribution is 2.32. The number of fused-ring (bicyclic) bond motifs is 1. The Morgan fingerprint density at radius 1 is 0.846 bits per heavy atom. The first kappa shape index (κ1) is 16.2. The van der Waals surface area contributed by atoms with E-state index in [-0.39, 0.29) is 5.91 Å². The van der Waals surface area contributed by atoms with Crippen LogP contribution in [0.5, 0.6) is 0 Å². The van der Waals surface area contributed by atoms with E-state index in [9.17, 15) is 4.79 Å². The lowest BCUT2D eigenvalue weighted by Gasteiger charge is -2.10. The summed E-state index contributed by atoms with van der Waals surface area (Å²) in [5.74, 6) is 0.179. The molecule has 0 fully saturated rings. The second-order valence-electron chi connectivity index (χ2n) is 5.72. The zero-order chi connectivity index (χ0) is 17.9. The van der Waals surface area contributed by atoms with E-state index in [4.69, 9.17) is 11.6 Å². The summed E-state index contributed by atoms with van der Waals surface area (Å²) in [7, 11) is 0. The summed E-state index contributed by atoms with van der Waals surface area (Å²) in [6.07, 6.45) is 1.62. The minimum absolute atomic E-state index is 0.306. The molecule has 0 aliphatic rings. The molecule has 0 aliphatic carbocycles. The summed E-state index contributed by atoms with van der Waals surface area (Å²) in [5, 5.41) is 4.34. The summed E-state index contributed by atoms with van der Waals surface area (Å²) in [6, 6.07) is 22.4. The molecule has 5 heteroatoms. The third-order valence-electron chi connectivity index (χ3n) is 4.02. The number of benzene rings is 2. The molecule has 1 N–H and O–H groups in total. The Hall–Kier alpha value is -3.24. The van der Waals surface area contributed by atoms with Crippen LogP contribution in [-0.2, 0) is 0 Å². The normalized spacial score (nSPS) is 10.7. The number of pyridine rings is 2. The summed E-state index contributed by atoms with van der Waals surface area (Å²) in [4.78, 5) is 21.2. The SMILES string of the molecule is O=C(Nc1ccccn1)c1ccc2cccc(-c3ccccc3Cl)c2n1. The van der Waals surface area contributed by atoms with Gasteiger partial charge in [-0.1, -0.05) is 60.1 Å². The fourth-order valence-corrected chi connectivity index (χ4v) is 3.03. The number of rotatable bonds is 3. The maximum atomic E-state index is 12.5. The van der Waals surface area contributed by atoms with Crippen molar-refractivity contribution < 1.29 is 4.79 Å². The van der Waals surface area contributed by atoms with Gasteiger partial charge in [-0.15, -0.1) is 0 Å². The second-order valence-corrected chi connectivity index (χ2v) is 6.13. The molecule has 0 radical (unpaired) electrons. The number of nitrogens with one attached hydrogen (secondary N) is 1. The van der Waals surface area contributed by atoms with Crippen LogP contribution in [0.4, 0.5) is 5.82 Å². The molecule has 0 aliphatic heterocycles. The predicted octanol–water partition coefficient (Wildman–Crippen LogP) is 5.20. The van der Waals surface area contributed by atoms with E-state index in [0.717, 1.165) is 22.0 Å². The average molecular weight is 360 g/mol. The van der Waals surface area contributed by atoms with Crippen LogP contribution in [0.2, 0.25) is 5.02 Å². The lowest BCUT2D eigenvalue weighted by Crippen LogP contribution is -2.14. The van der Waals surface area contributed by atoms with E-state index in [0.29, 0.717) is 16.5 Å². The van der Waals surface area contributed by atoms with Gasteiger partial charge in [0, 0.05) is 27.7 Å². The third kappa shape index (κ3) is 3.15. The van der Waals surface area contributed by atoms with Crippen molar-refractivity contribution in [1.82, 2.24) is 9.97 Å². The van der Waals surface area contributed by atoms with Crippen LogP contribution in [0.1, 0.15) is 10.5 Å². The quantitative estimate of drug-likeness (QED) is 0.546. The molecule has 26 heavy (non-hydrogen) atoms. The number of nitrogens with zero attached hydrogens (tertiary/aromatic N) is 2. The zero-order valence-electron chi connectivity index (χ0n) is 13.7. The van der Waals surface area contributed by atoms with Crippen LogP contribution in [0, 0.1) is 0 Å². The van der Waals surface area contributed by atoms with Gasteiger partial charge >= 0.3 is 0 Å². The number of aromatic nitrogens is 2. The number of anilines is 1. The molecular weight excluding hydrogens is 346 g/mol. The second kappa shape index (κ2) is 6.94. The third-order valence-corrected chi connectivity index (χ3v) is 4.35. The minimum Gasteiger partial charge on any atom is -0.305 e. The Kier molecular flexibility index (Phi) is 4.33. The van der Waals surface area contributed by atoms with Crippen LogP contribution in [0.25, 0.3) is 22.0 Å². The summed E-state index contributed by atoms with van der Waals surface area (Å²) in [5.41, 5.74) is 2.83. The van der Waals surface area contributed by atoms with Gasteiger partial charge < -0.3 is 5.32 Å². The summed E-state index contributed by atoms with van der Waals surface area (Å²) in [6.45, 7) is 0. The molecule has 0 spiro atoms. The largest absolute Gasteiger partial charge is 0.305 e. The smallest absolute Gasteiger partial charge is 0.275 e. The fraction of sp³-hybridized carbons (Fsp3) is 0. The van der Waals surface area contributed by atoms with E-state index in [1.165, 1.54) is 0 Å². The molecule has 4 rings (SSSR count). The van der Waals surface area contributed by atoms with Gasteiger partial charge in [-0.25, -0.2) is 9.97 Å². The highest BCUT2D eigenvalue weighted by Gasteiger charge is 2.13. The van der Waals surface area contributed by atoms with E-state index >= 15 is 0 Å². The molecule has 0 unspecified atom stereocenters. The molecule has 0 bridgehead atoms. The fourth-order valence-electron chi connectivity index (χ4n) is 2.79. The predicted molar refractivity (Wildman–Crippen MR) is 104 cm³/mol. The molecule has 2 heterocycles. The highest BCUT2D eigenvalue weighted by molar-refractivity contribution is 6.33. The van der Waals surface area contributed by atoms with Crippen molar-refractivity contribution in [2.24, 2.45) is 0 Å². The van der Waals surface area contributed by atoms with Crippen molar-refractivity contribution in [2.45, 2.75) is 0 Å². The molecule has 1 amide bonds. The number of carbonyl (C=O) groups is 1. The van der Waals surface area contributed by atoms with Crippen molar-refractivity contribution in [3.8, 4) is 11.1 Å². The number of hydrogen-bond acceptors (Lipinski definition) is 3. The van der Waals surface area contributed by atoms with Gasteiger partial charge in [-0.05, 0) is 24.3 Å². The highest BCUT2D eigenvalue weighted by atomic mass is 35.5. The maximum Gasteiger partial charge on any atom is 0.275 e. The summed E-state index contributed by atoms with van der Waals surface area (Å²) >= 11 is 6.35. The Labute approximate surface area is 155 Å². The van der Waals surface area contributed by atoms with Crippen molar-refractivity contribution in [1.29, 1.82) is 0 Å². The van der Waals surface area contributed by atoms with Crippen molar-refractivity contribution in [2.75, 3.05) is 5.32 Å². The monoisotopic (exact) mass is 359 g/mol. The van der Waals surface area contributed by atoms with Crippen LogP contribution in [0.3, 0.4) is 0 Å². The molecule has 0 saturated heterocycles. The number of amides is 1. The number of hydrogen-bond donors (Lipinski definition) is 1. The zero-order valence-corrected chi connectivity index (χ0v) is 14.4. The van der Waals surface area contributed by atoms with Crippen LogP contribution >= 0.6 is 11.6 Å². The van der Waals surface area contributed by atoms with Gasteiger partial charge in [0.1, 0.15) is 11.5 Å². The van der Waals surface area contributed by atoms with Gasteiger partial charge in [0.25, 0.3) is 5.91 Å². The first-order valence-corrected chi connectivity index (χ1v) is 8.47. The van der Waals surface area contributed by atoms with Gasteiger partial charge in [0.05, 0.1) is 5.52 Å². The lowest BCUT2D eigenvalue weighted by molar-refractivity contribution is 0.102. The Bertz CT molecular complexity index is 1100. The number of carbonyl (C=O) groups excluding carboxylic acids is 1. The maximum absolute atomic E-state index is 12.5.